The number of hydrogen-bond donors (Lipinski definition) is 0. The molecule has 4 heteroatoms. The van der Waals surface area contributed by atoms with E-state index in [0.717, 1.165) is 55.3 Å². The van der Waals surface area contributed by atoms with Crippen LogP contribution in [0.2, 0.25) is 0 Å². The van der Waals surface area contributed by atoms with E-state index in [4.69, 9.17) is 4.42 Å². The quantitative estimate of drug-likeness (QED) is 0.196. The summed E-state index contributed by atoms with van der Waals surface area (Å²) in [5.41, 5.74) is 11.0. The maximum atomic E-state index is 6.51. The van der Waals surface area contributed by atoms with E-state index in [1.807, 2.05) is 18.5 Å². The van der Waals surface area contributed by atoms with Crippen molar-refractivity contribution in [1.29, 1.82) is 0 Å². The van der Waals surface area contributed by atoms with E-state index in [0.29, 0.717) is 0 Å². The monoisotopic (exact) mass is 625 g/mol. The second-order valence-electron chi connectivity index (χ2n) is 12.8. The van der Waals surface area contributed by atoms with Gasteiger partial charge in [0.2, 0.25) is 0 Å². The molecule has 4 heterocycles. The van der Waals surface area contributed by atoms with E-state index >= 15 is 0 Å². The highest BCUT2D eigenvalue weighted by molar-refractivity contribution is 6.14. The second kappa shape index (κ2) is 9.93. The van der Waals surface area contributed by atoms with Crippen LogP contribution in [0, 0.1) is 0 Å². The Morgan fingerprint density at radius 3 is 1.78 bits per heavy atom. The second-order valence-corrected chi connectivity index (χ2v) is 12.8. The van der Waals surface area contributed by atoms with Gasteiger partial charge in [-0.1, -0.05) is 97.1 Å². The maximum absolute atomic E-state index is 6.51. The average molecular weight is 626 g/mol. The first-order valence-corrected chi connectivity index (χ1v) is 16.6. The van der Waals surface area contributed by atoms with E-state index < -0.39 is 0 Å². The van der Waals surface area contributed by atoms with Gasteiger partial charge in [-0.15, -0.1) is 0 Å². The third-order valence-corrected chi connectivity index (χ3v) is 10.2. The molecule has 0 aliphatic heterocycles. The third-order valence-electron chi connectivity index (χ3n) is 10.2. The number of fused-ring (bicyclic) bond motifs is 10. The number of benzene rings is 7. The number of furan rings is 1. The molecule has 0 unspecified atom stereocenters. The lowest BCUT2D eigenvalue weighted by molar-refractivity contribution is 0.668. The molecule has 4 aromatic heterocycles. The molecule has 11 rings (SSSR count). The molecule has 0 aliphatic rings. The summed E-state index contributed by atoms with van der Waals surface area (Å²) in [5.74, 6) is 0. The number of aromatic nitrogens is 3. The van der Waals surface area contributed by atoms with E-state index in [2.05, 4.69) is 160 Å². The van der Waals surface area contributed by atoms with Crippen LogP contribution in [0.25, 0.3) is 98.8 Å². The van der Waals surface area contributed by atoms with Crippen LogP contribution in [0.4, 0.5) is 0 Å². The lowest BCUT2D eigenvalue weighted by Gasteiger charge is -2.16. The number of pyridine rings is 1. The molecule has 0 radical (unpaired) electrons. The largest absolute Gasteiger partial charge is 0.456 e. The number of hydrogen-bond acceptors (Lipinski definition) is 2. The molecule has 0 fully saturated rings. The fraction of sp³-hybridized carbons (Fsp3) is 0. The average Bonchev–Trinajstić information content (AvgIpc) is 3.81. The van der Waals surface area contributed by atoms with Crippen LogP contribution in [-0.4, -0.2) is 14.1 Å². The van der Waals surface area contributed by atoms with E-state index in [1.54, 1.807) is 0 Å². The fourth-order valence-electron chi connectivity index (χ4n) is 8.06. The highest BCUT2D eigenvalue weighted by atomic mass is 16.3. The molecule has 0 N–H and O–H groups in total. The summed E-state index contributed by atoms with van der Waals surface area (Å²) in [6.45, 7) is 0. The minimum absolute atomic E-state index is 0.876. The highest BCUT2D eigenvalue weighted by Gasteiger charge is 2.21. The minimum atomic E-state index is 0.876. The molecule has 49 heavy (non-hydrogen) atoms. The van der Waals surface area contributed by atoms with Gasteiger partial charge in [0, 0.05) is 67.1 Å². The molecule has 7 aromatic carbocycles. The van der Waals surface area contributed by atoms with Crippen LogP contribution in [-0.2, 0) is 0 Å². The Morgan fingerprint density at radius 2 is 1.04 bits per heavy atom. The number of nitrogens with zero attached hydrogens (tertiary/aromatic N) is 3. The normalized spacial score (nSPS) is 12.1. The van der Waals surface area contributed by atoms with Crippen LogP contribution in [0.3, 0.4) is 0 Å². The smallest absolute Gasteiger partial charge is 0.137 e. The number of rotatable bonds is 3. The topological polar surface area (TPSA) is 35.9 Å². The van der Waals surface area contributed by atoms with Gasteiger partial charge in [-0.25, -0.2) is 0 Å². The van der Waals surface area contributed by atoms with Gasteiger partial charge in [0.1, 0.15) is 11.2 Å². The Labute approximate surface area is 280 Å². The Hall–Kier alpha value is -6.65. The van der Waals surface area contributed by atoms with E-state index in [1.165, 1.54) is 43.5 Å². The van der Waals surface area contributed by atoms with Crippen LogP contribution in [0.5, 0.6) is 0 Å². The van der Waals surface area contributed by atoms with Gasteiger partial charge < -0.3 is 13.6 Å². The molecular weight excluding hydrogens is 599 g/mol. The van der Waals surface area contributed by atoms with Gasteiger partial charge in [0.25, 0.3) is 0 Å². The molecule has 0 bridgehead atoms. The zero-order valence-corrected chi connectivity index (χ0v) is 26.3. The van der Waals surface area contributed by atoms with Gasteiger partial charge in [0.15, 0.2) is 0 Å². The van der Waals surface area contributed by atoms with Crippen LogP contribution >= 0.6 is 0 Å². The van der Waals surface area contributed by atoms with Gasteiger partial charge >= 0.3 is 0 Å². The Kier molecular flexibility index (Phi) is 5.35. The maximum Gasteiger partial charge on any atom is 0.137 e. The highest BCUT2D eigenvalue weighted by Crippen LogP contribution is 2.43. The van der Waals surface area contributed by atoms with Crippen molar-refractivity contribution in [3.05, 3.63) is 164 Å². The summed E-state index contributed by atoms with van der Waals surface area (Å²) < 4.78 is 11.3. The van der Waals surface area contributed by atoms with Crippen molar-refractivity contribution >= 4 is 76.3 Å². The summed E-state index contributed by atoms with van der Waals surface area (Å²) in [4.78, 5) is 4.41. The predicted octanol–water partition coefficient (Wildman–Crippen LogP) is 12.0. The summed E-state index contributed by atoms with van der Waals surface area (Å²) in [6.07, 6.45) is 3.83. The summed E-state index contributed by atoms with van der Waals surface area (Å²) in [7, 11) is 0. The first kappa shape index (κ1) is 26.4. The standard InChI is InChI=1S/C45H27N3O/c1-5-15-39-31(11-1)32-12-2-6-16-40(32)48(39)43-26-45-37(35-14-4-8-19-44(35)49-45)25-36(43)28-20-21-34-33-13-3-7-17-41(33)47(42(34)24-28)38-18-9-10-29-27-46-23-22-30(29)38/h1-27H. The lowest BCUT2D eigenvalue weighted by atomic mass is 9.98. The minimum Gasteiger partial charge on any atom is -0.456 e. The molecular formula is C45H27N3O. The summed E-state index contributed by atoms with van der Waals surface area (Å²) in [6, 6.07) is 54.5. The third kappa shape index (κ3) is 3.71. The van der Waals surface area contributed by atoms with Gasteiger partial charge in [0.05, 0.1) is 33.4 Å². The summed E-state index contributed by atoms with van der Waals surface area (Å²) in [5, 5.41) is 9.43. The zero-order valence-electron chi connectivity index (χ0n) is 26.3. The Bertz CT molecular complexity index is 3060. The predicted molar refractivity (Wildman–Crippen MR) is 203 cm³/mol. The van der Waals surface area contributed by atoms with Gasteiger partial charge in [-0.2, -0.15) is 0 Å². The molecule has 0 saturated carbocycles. The van der Waals surface area contributed by atoms with Crippen LogP contribution < -0.4 is 0 Å². The lowest BCUT2D eigenvalue weighted by Crippen LogP contribution is -1.98. The fourth-order valence-corrected chi connectivity index (χ4v) is 8.06. The van der Waals surface area contributed by atoms with Gasteiger partial charge in [-0.05, 0) is 54.1 Å². The molecule has 0 amide bonds. The Morgan fingerprint density at radius 1 is 0.408 bits per heavy atom. The molecule has 0 atom stereocenters. The summed E-state index contributed by atoms with van der Waals surface area (Å²) >= 11 is 0. The van der Waals surface area contributed by atoms with Crippen molar-refractivity contribution in [3.8, 4) is 22.5 Å². The van der Waals surface area contributed by atoms with E-state index in [-0.39, 0.29) is 0 Å². The van der Waals surface area contributed by atoms with Crippen LogP contribution in [0.15, 0.2) is 168 Å². The molecule has 228 valence electrons. The van der Waals surface area contributed by atoms with Crippen molar-refractivity contribution < 1.29 is 4.42 Å². The SMILES string of the molecule is c1cc(-n2c3ccccc3c3ccc(-c4cc5c(cc4-n4c6ccccc6c6ccccc64)oc4ccccc45)cc32)c2ccncc2c1. The molecule has 11 aromatic rings. The van der Waals surface area contributed by atoms with Crippen molar-refractivity contribution in [3.63, 3.8) is 0 Å². The van der Waals surface area contributed by atoms with E-state index in [9.17, 15) is 0 Å². The first-order valence-electron chi connectivity index (χ1n) is 16.6. The molecule has 0 aliphatic carbocycles. The van der Waals surface area contributed by atoms with Gasteiger partial charge in [-0.3, -0.25) is 4.98 Å². The zero-order chi connectivity index (χ0) is 32.1. The molecule has 4 nitrogen and oxygen atoms in total. The van der Waals surface area contributed by atoms with Crippen molar-refractivity contribution in [2.45, 2.75) is 0 Å². The van der Waals surface area contributed by atoms with Crippen molar-refractivity contribution in [2.24, 2.45) is 0 Å². The number of para-hydroxylation sites is 4. The first-order chi connectivity index (χ1) is 24.3. The van der Waals surface area contributed by atoms with Crippen molar-refractivity contribution in [2.75, 3.05) is 0 Å². The molecule has 0 spiro atoms. The van der Waals surface area contributed by atoms with Crippen molar-refractivity contribution in [1.82, 2.24) is 14.1 Å². The Balaban J connectivity index is 1.28. The van der Waals surface area contributed by atoms with Crippen LogP contribution in [0.1, 0.15) is 0 Å². The molecule has 0 saturated heterocycles.